The van der Waals surface area contributed by atoms with Crippen LogP contribution in [0.3, 0.4) is 0 Å². The maximum Gasteiger partial charge on any atom is 0.243 e. The average molecular weight is 351 g/mol. The largest absolute Gasteiger partial charge is 0.359 e. The van der Waals surface area contributed by atoms with E-state index in [9.17, 15) is 4.79 Å². The molecule has 25 heavy (non-hydrogen) atoms. The fraction of sp³-hybridized carbons (Fsp3) is 0.722. The standard InChI is InChI=1S/C18H33N5O2/c1-7-13(4)21-18(20-12-17(24)23(5)6)19-11-15-10-16(22-25-15)14(8-2)9-3/h10,13-14H,7-9,11-12H2,1-6H3,(H2,19,20,21). The van der Waals surface area contributed by atoms with E-state index in [1.807, 2.05) is 6.07 Å². The molecule has 0 aliphatic rings. The maximum atomic E-state index is 11.8. The Balaban J connectivity index is 2.71. The van der Waals surface area contributed by atoms with Crippen LogP contribution in [0.4, 0.5) is 0 Å². The molecule has 0 fully saturated rings. The highest BCUT2D eigenvalue weighted by Gasteiger charge is 2.13. The number of hydrogen-bond donors (Lipinski definition) is 2. The van der Waals surface area contributed by atoms with Crippen molar-refractivity contribution in [2.75, 3.05) is 20.6 Å². The van der Waals surface area contributed by atoms with E-state index in [0.29, 0.717) is 18.4 Å². The van der Waals surface area contributed by atoms with E-state index in [4.69, 9.17) is 4.52 Å². The molecule has 142 valence electrons. The van der Waals surface area contributed by atoms with Crippen molar-refractivity contribution in [1.82, 2.24) is 20.7 Å². The van der Waals surface area contributed by atoms with Crippen LogP contribution in [0.1, 0.15) is 64.3 Å². The Bertz CT molecular complexity index is 549. The van der Waals surface area contributed by atoms with Gasteiger partial charge in [-0.2, -0.15) is 0 Å². The summed E-state index contributed by atoms with van der Waals surface area (Å²) < 4.78 is 5.42. The van der Waals surface area contributed by atoms with Gasteiger partial charge in [0.2, 0.25) is 5.91 Å². The highest BCUT2D eigenvalue weighted by atomic mass is 16.5. The van der Waals surface area contributed by atoms with Crippen LogP contribution >= 0.6 is 0 Å². The molecule has 1 atom stereocenters. The molecule has 0 aliphatic heterocycles. The first-order chi connectivity index (χ1) is 11.9. The fourth-order valence-electron chi connectivity index (χ4n) is 2.26. The molecule has 0 saturated carbocycles. The summed E-state index contributed by atoms with van der Waals surface area (Å²) in [4.78, 5) is 17.6. The quantitative estimate of drug-likeness (QED) is 0.528. The van der Waals surface area contributed by atoms with E-state index in [1.54, 1.807) is 14.1 Å². The zero-order valence-electron chi connectivity index (χ0n) is 16.4. The van der Waals surface area contributed by atoms with Crippen molar-refractivity contribution < 1.29 is 9.32 Å². The number of hydrogen-bond acceptors (Lipinski definition) is 4. The fourth-order valence-corrected chi connectivity index (χ4v) is 2.26. The molecule has 1 rings (SSSR count). The molecule has 0 bridgehead atoms. The van der Waals surface area contributed by atoms with E-state index in [-0.39, 0.29) is 18.5 Å². The first-order valence-electron chi connectivity index (χ1n) is 9.11. The molecule has 0 saturated heterocycles. The average Bonchev–Trinajstić information content (AvgIpc) is 3.06. The molecule has 1 heterocycles. The third-order valence-corrected chi connectivity index (χ3v) is 4.28. The second-order valence-corrected chi connectivity index (χ2v) is 6.49. The Kier molecular flexibility index (Phi) is 9.02. The third-order valence-electron chi connectivity index (χ3n) is 4.28. The first kappa shape index (κ1) is 21.0. The minimum Gasteiger partial charge on any atom is -0.359 e. The molecule has 2 N–H and O–H groups in total. The lowest BCUT2D eigenvalue weighted by atomic mass is 9.99. The number of amides is 1. The summed E-state index contributed by atoms with van der Waals surface area (Å²) in [6.45, 7) is 9.07. The molecule has 7 heteroatoms. The van der Waals surface area contributed by atoms with Gasteiger partial charge in [-0.3, -0.25) is 4.79 Å². The number of likely N-dealkylation sites (N-methyl/N-ethyl adjacent to an activating group) is 1. The first-order valence-corrected chi connectivity index (χ1v) is 9.11. The van der Waals surface area contributed by atoms with E-state index in [2.05, 4.69) is 48.5 Å². The Labute approximate surface area is 151 Å². The number of guanidine groups is 1. The van der Waals surface area contributed by atoms with E-state index in [1.165, 1.54) is 4.90 Å². The monoisotopic (exact) mass is 351 g/mol. The molecule has 1 amide bonds. The third kappa shape index (κ3) is 7.15. The molecule has 0 aliphatic carbocycles. The minimum absolute atomic E-state index is 0.0408. The van der Waals surface area contributed by atoms with E-state index in [0.717, 1.165) is 30.7 Å². The molecule has 0 radical (unpaired) electrons. The van der Waals surface area contributed by atoms with Gasteiger partial charge in [0.15, 0.2) is 11.7 Å². The molecule has 1 aromatic heterocycles. The van der Waals surface area contributed by atoms with Gasteiger partial charge in [-0.05, 0) is 26.2 Å². The summed E-state index contributed by atoms with van der Waals surface area (Å²) in [5.74, 6) is 1.76. The van der Waals surface area contributed by atoms with Crippen molar-refractivity contribution in [2.24, 2.45) is 4.99 Å². The topological polar surface area (TPSA) is 82.8 Å². The highest BCUT2D eigenvalue weighted by Crippen LogP contribution is 2.22. The van der Waals surface area contributed by atoms with Crippen LogP contribution < -0.4 is 10.6 Å². The van der Waals surface area contributed by atoms with Gasteiger partial charge >= 0.3 is 0 Å². The second kappa shape index (κ2) is 10.7. The van der Waals surface area contributed by atoms with Crippen LogP contribution in [0.5, 0.6) is 0 Å². The zero-order valence-corrected chi connectivity index (χ0v) is 16.4. The Morgan fingerprint density at radius 3 is 2.52 bits per heavy atom. The van der Waals surface area contributed by atoms with Gasteiger partial charge in [-0.25, -0.2) is 4.99 Å². The summed E-state index contributed by atoms with van der Waals surface area (Å²) in [7, 11) is 3.45. The summed E-state index contributed by atoms with van der Waals surface area (Å²) in [5.41, 5.74) is 0.998. The lowest BCUT2D eigenvalue weighted by molar-refractivity contribution is -0.127. The van der Waals surface area contributed by atoms with Crippen LogP contribution in [-0.4, -0.2) is 48.6 Å². The van der Waals surface area contributed by atoms with Crippen LogP contribution in [-0.2, 0) is 11.3 Å². The number of aliphatic imine (C=N–C) groups is 1. The summed E-state index contributed by atoms with van der Waals surface area (Å²) >= 11 is 0. The van der Waals surface area contributed by atoms with Crippen LogP contribution in [0, 0.1) is 0 Å². The van der Waals surface area contributed by atoms with Gasteiger partial charge in [-0.15, -0.1) is 0 Å². The van der Waals surface area contributed by atoms with Crippen molar-refractivity contribution in [3.63, 3.8) is 0 Å². The van der Waals surface area contributed by atoms with E-state index < -0.39 is 0 Å². The maximum absolute atomic E-state index is 11.8. The van der Waals surface area contributed by atoms with E-state index >= 15 is 0 Å². The summed E-state index contributed by atoms with van der Waals surface area (Å²) in [6.07, 6.45) is 3.05. The van der Waals surface area contributed by atoms with Gasteiger partial charge in [0.1, 0.15) is 6.54 Å². The smallest absolute Gasteiger partial charge is 0.243 e. The van der Waals surface area contributed by atoms with Crippen LogP contribution in [0.25, 0.3) is 0 Å². The van der Waals surface area contributed by atoms with Gasteiger partial charge in [-0.1, -0.05) is 25.9 Å². The van der Waals surface area contributed by atoms with Crippen LogP contribution in [0.2, 0.25) is 0 Å². The van der Waals surface area contributed by atoms with Gasteiger partial charge in [0.05, 0.1) is 12.2 Å². The number of carbonyl (C=O) groups excluding carboxylic acids is 1. The lowest BCUT2D eigenvalue weighted by Crippen LogP contribution is -2.42. The predicted octanol–water partition coefficient (Wildman–Crippen LogP) is 2.50. The van der Waals surface area contributed by atoms with Gasteiger partial charge < -0.3 is 20.1 Å². The second-order valence-electron chi connectivity index (χ2n) is 6.49. The normalized spacial score (nSPS) is 13.0. The zero-order chi connectivity index (χ0) is 18.8. The molecular formula is C18H33N5O2. The molecular weight excluding hydrogens is 318 g/mol. The molecule has 1 aromatic rings. The van der Waals surface area contributed by atoms with Crippen LogP contribution in [0.15, 0.2) is 15.6 Å². The number of rotatable bonds is 9. The SMILES string of the molecule is CCC(C)NC(=NCC(=O)N(C)C)NCc1cc(C(CC)CC)no1. The Hall–Kier alpha value is -2.05. The molecule has 7 nitrogen and oxygen atoms in total. The van der Waals surface area contributed by atoms with Crippen molar-refractivity contribution >= 4 is 11.9 Å². The molecule has 0 aromatic carbocycles. The number of nitrogens with zero attached hydrogens (tertiary/aromatic N) is 3. The van der Waals surface area contributed by atoms with Gasteiger partial charge in [0, 0.05) is 32.1 Å². The van der Waals surface area contributed by atoms with Crippen molar-refractivity contribution in [2.45, 2.75) is 65.5 Å². The number of nitrogens with one attached hydrogen (secondary N) is 2. The predicted molar refractivity (Wildman–Crippen MR) is 101 cm³/mol. The lowest BCUT2D eigenvalue weighted by Gasteiger charge is -2.17. The number of aromatic nitrogens is 1. The molecule has 0 spiro atoms. The van der Waals surface area contributed by atoms with Gasteiger partial charge in [0.25, 0.3) is 0 Å². The summed E-state index contributed by atoms with van der Waals surface area (Å²) in [5, 5.41) is 10.7. The molecule has 1 unspecified atom stereocenters. The summed E-state index contributed by atoms with van der Waals surface area (Å²) in [6, 6.07) is 2.26. The minimum atomic E-state index is -0.0408. The highest BCUT2D eigenvalue weighted by molar-refractivity contribution is 5.84. The van der Waals surface area contributed by atoms with Crippen molar-refractivity contribution in [3.05, 3.63) is 17.5 Å². The Morgan fingerprint density at radius 1 is 1.28 bits per heavy atom. The van der Waals surface area contributed by atoms with Crippen molar-refractivity contribution in [1.29, 1.82) is 0 Å². The van der Waals surface area contributed by atoms with Crippen molar-refractivity contribution in [3.8, 4) is 0 Å². The number of carbonyl (C=O) groups is 1. The Morgan fingerprint density at radius 2 is 1.96 bits per heavy atom.